The average Bonchev–Trinajstić information content (AvgIpc) is 3.17. The van der Waals surface area contributed by atoms with Crippen LogP contribution in [0.1, 0.15) is 33.1 Å². The van der Waals surface area contributed by atoms with E-state index in [4.69, 9.17) is 0 Å². The van der Waals surface area contributed by atoms with Crippen molar-refractivity contribution in [1.82, 2.24) is 10.2 Å². The van der Waals surface area contributed by atoms with Gasteiger partial charge in [0.25, 0.3) is 0 Å². The molecule has 1 aliphatic heterocycles. The van der Waals surface area contributed by atoms with Crippen molar-refractivity contribution in [3.63, 3.8) is 0 Å². The van der Waals surface area contributed by atoms with Gasteiger partial charge in [-0.05, 0) is 43.6 Å². The topological polar surface area (TPSA) is 49.4 Å². The summed E-state index contributed by atoms with van der Waals surface area (Å²) in [7, 11) is 0. The Balaban J connectivity index is 2.02. The minimum absolute atomic E-state index is 0.0349. The number of nitrogens with one attached hydrogen (secondary N) is 1. The zero-order valence-corrected chi connectivity index (χ0v) is 12.0. The quantitative estimate of drug-likeness (QED) is 0.739. The van der Waals surface area contributed by atoms with Crippen molar-refractivity contribution in [2.24, 2.45) is 5.92 Å². The maximum Gasteiger partial charge on any atom is 0.246 e. The van der Waals surface area contributed by atoms with E-state index in [1.54, 1.807) is 0 Å². The minimum Gasteiger partial charge on any atom is -0.345 e. The molecule has 2 fully saturated rings. The molecule has 102 valence electrons. The third-order valence-electron chi connectivity index (χ3n) is 3.97. The molecule has 4 nitrogen and oxygen atoms in total. The summed E-state index contributed by atoms with van der Waals surface area (Å²) in [6.45, 7) is 4.96. The fourth-order valence-corrected chi connectivity index (χ4v) is 3.31. The Labute approximate surface area is 113 Å². The number of piperazine rings is 1. The monoisotopic (exact) mass is 270 g/mol. The van der Waals surface area contributed by atoms with Crippen LogP contribution in [0.3, 0.4) is 0 Å². The van der Waals surface area contributed by atoms with Crippen molar-refractivity contribution in [3.05, 3.63) is 0 Å². The smallest absolute Gasteiger partial charge is 0.246 e. The summed E-state index contributed by atoms with van der Waals surface area (Å²) in [4.78, 5) is 26.0. The van der Waals surface area contributed by atoms with Crippen LogP contribution in [0.5, 0.6) is 0 Å². The first-order valence-electron chi connectivity index (χ1n) is 6.77. The van der Waals surface area contributed by atoms with Gasteiger partial charge < -0.3 is 10.2 Å². The predicted molar refractivity (Wildman–Crippen MR) is 73.5 cm³/mol. The van der Waals surface area contributed by atoms with Crippen LogP contribution in [0.2, 0.25) is 0 Å². The molecule has 5 heteroatoms. The number of carbonyl (C=O) groups is 2. The first-order chi connectivity index (χ1) is 8.60. The van der Waals surface area contributed by atoms with Crippen molar-refractivity contribution >= 4 is 23.6 Å². The molecular formula is C13H22N2O2S. The van der Waals surface area contributed by atoms with E-state index in [0.29, 0.717) is 12.5 Å². The first-order valence-corrected chi connectivity index (χ1v) is 7.92. The molecule has 1 saturated heterocycles. The van der Waals surface area contributed by atoms with Crippen LogP contribution in [0, 0.1) is 5.92 Å². The molecule has 2 aliphatic rings. The zero-order valence-electron chi connectivity index (χ0n) is 11.2. The number of amides is 2. The molecule has 1 aliphatic carbocycles. The highest BCUT2D eigenvalue weighted by molar-refractivity contribution is 7.99. The van der Waals surface area contributed by atoms with E-state index in [9.17, 15) is 9.59 Å². The highest BCUT2D eigenvalue weighted by atomic mass is 32.2. The highest BCUT2D eigenvalue weighted by Crippen LogP contribution is 2.44. The van der Waals surface area contributed by atoms with Gasteiger partial charge in [0.2, 0.25) is 11.8 Å². The summed E-state index contributed by atoms with van der Waals surface area (Å²) in [5.74, 6) is 2.63. The molecule has 1 N–H and O–H groups in total. The van der Waals surface area contributed by atoms with Crippen molar-refractivity contribution in [1.29, 1.82) is 0 Å². The predicted octanol–water partition coefficient (Wildman–Crippen LogP) is 1.26. The number of rotatable bonds is 6. The second kappa shape index (κ2) is 5.51. The zero-order chi connectivity index (χ0) is 13.2. The molecule has 0 radical (unpaired) electrons. The van der Waals surface area contributed by atoms with E-state index in [-0.39, 0.29) is 18.4 Å². The number of hydrogen-bond acceptors (Lipinski definition) is 3. The molecule has 2 rings (SSSR count). The maximum absolute atomic E-state index is 12.1. The first kappa shape index (κ1) is 13.7. The van der Waals surface area contributed by atoms with Gasteiger partial charge in [0.15, 0.2) is 0 Å². The Morgan fingerprint density at radius 3 is 2.78 bits per heavy atom. The van der Waals surface area contributed by atoms with Crippen LogP contribution < -0.4 is 5.32 Å². The van der Waals surface area contributed by atoms with E-state index >= 15 is 0 Å². The van der Waals surface area contributed by atoms with Gasteiger partial charge in [0.1, 0.15) is 5.54 Å². The molecule has 2 amide bonds. The lowest BCUT2D eigenvalue weighted by Gasteiger charge is -2.44. The molecule has 1 saturated carbocycles. The molecular weight excluding hydrogens is 248 g/mol. The molecule has 1 heterocycles. The van der Waals surface area contributed by atoms with E-state index in [2.05, 4.69) is 12.2 Å². The number of thioether (sulfide) groups is 1. The summed E-state index contributed by atoms with van der Waals surface area (Å²) in [6.07, 6.45) is 3.11. The second-order valence-corrected chi connectivity index (χ2v) is 6.59. The minimum atomic E-state index is -0.591. The van der Waals surface area contributed by atoms with Gasteiger partial charge in [-0.3, -0.25) is 9.59 Å². The Hall–Kier alpha value is -0.710. The number of carbonyl (C=O) groups excluding carboxylic acids is 2. The van der Waals surface area contributed by atoms with Gasteiger partial charge in [0, 0.05) is 6.54 Å². The second-order valence-electron chi connectivity index (χ2n) is 5.20. The van der Waals surface area contributed by atoms with E-state index < -0.39 is 5.54 Å². The van der Waals surface area contributed by atoms with E-state index in [1.165, 1.54) is 0 Å². The SMILES string of the molecule is CCSCCCN1C(=O)CNC(=O)C1(C)C1CC1. The summed E-state index contributed by atoms with van der Waals surface area (Å²) in [6, 6.07) is 0. The summed E-state index contributed by atoms with van der Waals surface area (Å²) < 4.78 is 0. The Morgan fingerprint density at radius 2 is 2.17 bits per heavy atom. The molecule has 0 aromatic heterocycles. The van der Waals surface area contributed by atoms with Gasteiger partial charge in [-0.15, -0.1) is 0 Å². The molecule has 1 atom stereocenters. The lowest BCUT2D eigenvalue weighted by atomic mass is 9.89. The maximum atomic E-state index is 12.1. The molecule has 0 aromatic carbocycles. The molecule has 0 bridgehead atoms. The highest BCUT2D eigenvalue weighted by Gasteiger charge is 2.54. The Bertz CT molecular complexity index is 344. The average molecular weight is 270 g/mol. The normalized spacial score (nSPS) is 28.4. The Kier molecular flexibility index (Phi) is 4.20. The summed E-state index contributed by atoms with van der Waals surface area (Å²) in [5, 5.41) is 2.74. The van der Waals surface area contributed by atoms with E-state index in [0.717, 1.165) is 30.8 Å². The Morgan fingerprint density at radius 1 is 1.44 bits per heavy atom. The van der Waals surface area contributed by atoms with Crippen LogP contribution in [0.15, 0.2) is 0 Å². The number of hydrogen-bond donors (Lipinski definition) is 1. The van der Waals surface area contributed by atoms with Crippen LogP contribution in [-0.2, 0) is 9.59 Å². The fourth-order valence-electron chi connectivity index (χ4n) is 2.69. The molecule has 18 heavy (non-hydrogen) atoms. The third-order valence-corrected chi connectivity index (χ3v) is 4.95. The lowest BCUT2D eigenvalue weighted by Crippen LogP contribution is -2.67. The van der Waals surface area contributed by atoms with Crippen molar-refractivity contribution in [2.45, 2.75) is 38.6 Å². The molecule has 1 unspecified atom stereocenters. The molecule has 0 aromatic rings. The molecule has 0 spiro atoms. The van der Waals surface area contributed by atoms with Crippen molar-refractivity contribution < 1.29 is 9.59 Å². The van der Waals surface area contributed by atoms with Crippen LogP contribution in [0.25, 0.3) is 0 Å². The van der Waals surface area contributed by atoms with Gasteiger partial charge in [0.05, 0.1) is 6.54 Å². The summed E-state index contributed by atoms with van der Waals surface area (Å²) in [5.41, 5.74) is -0.591. The third kappa shape index (κ3) is 2.51. The lowest BCUT2D eigenvalue weighted by molar-refractivity contribution is -0.154. The van der Waals surface area contributed by atoms with Gasteiger partial charge in [-0.25, -0.2) is 0 Å². The van der Waals surface area contributed by atoms with Gasteiger partial charge in [-0.2, -0.15) is 11.8 Å². The largest absolute Gasteiger partial charge is 0.345 e. The van der Waals surface area contributed by atoms with Crippen molar-refractivity contribution in [2.75, 3.05) is 24.6 Å². The fraction of sp³-hybridized carbons (Fsp3) is 0.846. The number of nitrogens with zero attached hydrogens (tertiary/aromatic N) is 1. The van der Waals surface area contributed by atoms with Crippen LogP contribution in [0.4, 0.5) is 0 Å². The van der Waals surface area contributed by atoms with Crippen LogP contribution >= 0.6 is 11.8 Å². The van der Waals surface area contributed by atoms with Crippen molar-refractivity contribution in [3.8, 4) is 0 Å². The van der Waals surface area contributed by atoms with Gasteiger partial charge in [-0.1, -0.05) is 6.92 Å². The standard InChI is InChI=1S/C13H22N2O2S/c1-3-18-8-4-7-15-11(16)9-14-12(17)13(15,2)10-5-6-10/h10H,3-9H2,1-2H3,(H,14,17). The van der Waals surface area contributed by atoms with E-state index in [1.807, 2.05) is 23.6 Å². The van der Waals surface area contributed by atoms with Crippen LogP contribution in [-0.4, -0.2) is 46.8 Å². The summed E-state index contributed by atoms with van der Waals surface area (Å²) >= 11 is 1.88. The van der Waals surface area contributed by atoms with Gasteiger partial charge >= 0.3 is 0 Å².